The van der Waals surface area contributed by atoms with Gasteiger partial charge in [-0.3, -0.25) is 19.4 Å². The van der Waals surface area contributed by atoms with Gasteiger partial charge in [0.2, 0.25) is 0 Å². The smallest absolute Gasteiger partial charge is 0.161 e. The van der Waals surface area contributed by atoms with E-state index in [1.165, 1.54) is 17.2 Å². The number of rotatable bonds is 8. The number of ketones is 2. The molecule has 2 aromatic carbocycles. The van der Waals surface area contributed by atoms with Crippen LogP contribution in [0.3, 0.4) is 0 Å². The molecule has 0 aromatic heterocycles. The lowest BCUT2D eigenvalue weighted by atomic mass is 9.80. The first-order chi connectivity index (χ1) is 24.3. The van der Waals surface area contributed by atoms with Crippen molar-refractivity contribution in [1.29, 1.82) is 0 Å². The van der Waals surface area contributed by atoms with Gasteiger partial charge < -0.3 is 18.9 Å². The summed E-state index contributed by atoms with van der Waals surface area (Å²) in [6.45, 7) is 12.0. The van der Waals surface area contributed by atoms with Gasteiger partial charge >= 0.3 is 0 Å². The topological polar surface area (TPSA) is 77.5 Å². The maximum Gasteiger partial charge on any atom is 0.161 e. The molecule has 2 fully saturated rings. The molecule has 4 unspecified atom stereocenters. The lowest BCUT2D eigenvalue weighted by Crippen LogP contribution is -2.46. The molecule has 4 atom stereocenters. The summed E-state index contributed by atoms with van der Waals surface area (Å²) in [5.41, 5.74) is 4.20. The van der Waals surface area contributed by atoms with E-state index in [0.29, 0.717) is 43.4 Å². The van der Waals surface area contributed by atoms with Gasteiger partial charge in [-0.15, -0.1) is 0 Å². The molecular formula is C38H54N2O6. The summed E-state index contributed by atoms with van der Waals surface area (Å²) >= 11 is 0. The maximum absolute atomic E-state index is 12.7. The van der Waals surface area contributed by atoms with E-state index in [1.807, 2.05) is 0 Å². The molecule has 252 valence electrons. The quantitative estimate of drug-likeness (QED) is 0.325. The minimum atomic E-state index is -2.75. The first-order valence-electron chi connectivity index (χ1n) is 19.7. The summed E-state index contributed by atoms with van der Waals surface area (Å²) in [7, 11) is -2.15. The van der Waals surface area contributed by atoms with Gasteiger partial charge in [0, 0.05) is 62.9 Å². The van der Waals surface area contributed by atoms with Crippen molar-refractivity contribution in [3.63, 3.8) is 0 Å². The molecule has 8 heteroatoms. The molecule has 8 nitrogen and oxygen atoms in total. The van der Waals surface area contributed by atoms with Crippen LogP contribution in [-0.2, 0) is 22.4 Å². The molecule has 0 saturated carbocycles. The van der Waals surface area contributed by atoms with Crippen LogP contribution < -0.4 is 18.9 Å². The molecule has 0 bridgehead atoms. The van der Waals surface area contributed by atoms with Crippen molar-refractivity contribution in [1.82, 2.24) is 9.80 Å². The molecule has 0 amide bonds. The number of piperidine rings is 2. The Morgan fingerprint density at radius 3 is 1.46 bits per heavy atom. The molecule has 4 heterocycles. The van der Waals surface area contributed by atoms with Crippen LogP contribution in [0.15, 0.2) is 24.3 Å². The van der Waals surface area contributed by atoms with E-state index in [-0.39, 0.29) is 41.2 Å². The average molecular weight is 641 g/mol. The number of nitrogens with zero attached hydrogens (tertiary/aromatic N) is 2. The number of Topliss-reactive ketones (excluding diaryl/α,β-unsaturated/α-hetero) is 2. The summed E-state index contributed by atoms with van der Waals surface area (Å²) in [5, 5.41) is 0. The Kier molecular flexibility index (Phi) is 8.64. The molecule has 46 heavy (non-hydrogen) atoms. The van der Waals surface area contributed by atoms with E-state index in [0.717, 1.165) is 61.5 Å². The Bertz CT molecular complexity index is 1610. The van der Waals surface area contributed by atoms with Crippen molar-refractivity contribution in [3.8, 4) is 23.0 Å². The van der Waals surface area contributed by atoms with Crippen LogP contribution in [0.4, 0.5) is 0 Å². The van der Waals surface area contributed by atoms with Crippen molar-refractivity contribution in [2.45, 2.75) is 78.3 Å². The van der Waals surface area contributed by atoms with Crippen molar-refractivity contribution in [3.05, 3.63) is 46.5 Å². The Morgan fingerprint density at radius 2 is 1.07 bits per heavy atom. The molecule has 0 spiro atoms. The van der Waals surface area contributed by atoms with Crippen LogP contribution in [0.2, 0.25) is 0 Å². The van der Waals surface area contributed by atoms with Crippen LogP contribution >= 0.6 is 0 Å². The van der Waals surface area contributed by atoms with Gasteiger partial charge in [0.05, 0.1) is 36.5 Å². The van der Waals surface area contributed by atoms with Gasteiger partial charge in [0.15, 0.2) is 23.0 Å². The molecule has 2 aromatic rings. The predicted molar refractivity (Wildman–Crippen MR) is 180 cm³/mol. The number of carbonyl (C=O) groups is 2. The first-order valence-corrected chi connectivity index (χ1v) is 16.7. The Hall–Kier alpha value is -3.10. The van der Waals surface area contributed by atoms with E-state index in [2.05, 4.69) is 49.6 Å². The fourth-order valence-electron chi connectivity index (χ4n) is 7.95. The second kappa shape index (κ2) is 14.8. The number of benzene rings is 2. The van der Waals surface area contributed by atoms with Gasteiger partial charge in [-0.1, -0.05) is 27.7 Å². The molecule has 4 aliphatic rings. The number of fused-ring (bicyclic) bond motifs is 6. The molecular weight excluding hydrogens is 580 g/mol. The van der Waals surface area contributed by atoms with Crippen LogP contribution in [0.25, 0.3) is 0 Å². The molecule has 0 aliphatic carbocycles. The van der Waals surface area contributed by atoms with Crippen LogP contribution in [0, 0.1) is 23.7 Å². The summed E-state index contributed by atoms with van der Waals surface area (Å²) in [6, 6.07) is 7.28. The van der Waals surface area contributed by atoms with E-state index in [1.54, 1.807) is 20.3 Å². The van der Waals surface area contributed by atoms with Gasteiger partial charge in [0.25, 0.3) is 0 Å². The highest BCUT2D eigenvalue weighted by molar-refractivity contribution is 5.83. The van der Waals surface area contributed by atoms with Crippen LogP contribution in [-0.4, -0.2) is 75.8 Å². The second-order valence-electron chi connectivity index (χ2n) is 14.1. The standard InChI is InChI=1S/2C19H27NO3/c2*1-12(2)7-14-11-20-6-5-13-8-18(22-3)19(23-4)9-15(13)16(20)10-17(14)21/h2*8-9,12,14,16H,5-7,10-11H2,1-4H3/i3D3,4D3;. The maximum atomic E-state index is 12.7. The Labute approximate surface area is 284 Å². The third-order valence-corrected chi connectivity index (χ3v) is 10.1. The third-order valence-electron chi connectivity index (χ3n) is 10.1. The highest BCUT2D eigenvalue weighted by Crippen LogP contribution is 2.44. The van der Waals surface area contributed by atoms with Gasteiger partial charge in [-0.2, -0.15) is 0 Å². The van der Waals surface area contributed by atoms with E-state index < -0.39 is 14.1 Å². The van der Waals surface area contributed by atoms with Gasteiger partial charge in [-0.05, 0) is 84.0 Å². The van der Waals surface area contributed by atoms with Crippen molar-refractivity contribution >= 4 is 11.6 Å². The summed E-state index contributed by atoms with van der Waals surface area (Å²) in [4.78, 5) is 30.1. The molecule has 6 rings (SSSR count). The number of hydrogen-bond donors (Lipinski definition) is 0. The normalized spacial score (nSPS) is 26.8. The van der Waals surface area contributed by atoms with E-state index in [4.69, 9.17) is 27.2 Å². The monoisotopic (exact) mass is 640 g/mol. The van der Waals surface area contributed by atoms with Gasteiger partial charge in [-0.25, -0.2) is 0 Å². The summed E-state index contributed by atoms with van der Waals surface area (Å²) in [5.74, 6) is 3.14. The highest BCUT2D eigenvalue weighted by Gasteiger charge is 2.40. The highest BCUT2D eigenvalue weighted by atomic mass is 16.5. The fraction of sp³-hybridized carbons (Fsp3) is 0.632. The SMILES string of the molecule is COc1cc2c(cc1OC)C1CC(=O)C(CC(C)C)CN1CC2.[2H]C([2H])([2H])Oc1cc2c(cc1OC([2H])([2H])[2H])C1CC(=O)C(CC(C)C)CN1CC2. The molecule has 0 radical (unpaired) electrons. The predicted octanol–water partition coefficient (Wildman–Crippen LogP) is 6.48. The van der Waals surface area contributed by atoms with Crippen LogP contribution in [0.1, 0.15) is 95.9 Å². The third kappa shape index (κ3) is 7.23. The molecule has 0 N–H and O–H groups in total. The average Bonchev–Trinajstić information content (AvgIpc) is 3.04. The second-order valence-corrected chi connectivity index (χ2v) is 14.1. The first kappa shape index (κ1) is 26.9. The van der Waals surface area contributed by atoms with E-state index in [9.17, 15) is 9.59 Å². The zero-order valence-electron chi connectivity index (χ0n) is 34.2. The minimum absolute atomic E-state index is 0.0177. The van der Waals surface area contributed by atoms with Gasteiger partial charge in [0.1, 0.15) is 11.6 Å². The number of carbonyl (C=O) groups excluding carboxylic acids is 2. The zero-order valence-corrected chi connectivity index (χ0v) is 28.2. The number of methoxy groups -OCH3 is 4. The molecule has 2 saturated heterocycles. The van der Waals surface area contributed by atoms with Crippen molar-refractivity contribution in [2.75, 3.05) is 54.5 Å². The van der Waals surface area contributed by atoms with Crippen molar-refractivity contribution < 1.29 is 36.8 Å². The minimum Gasteiger partial charge on any atom is -0.493 e. The lowest BCUT2D eigenvalue weighted by Gasteiger charge is -2.43. The Balaban J connectivity index is 0.000000206. The largest absolute Gasteiger partial charge is 0.493 e. The number of hydrogen-bond acceptors (Lipinski definition) is 8. The Morgan fingerprint density at radius 1 is 0.674 bits per heavy atom. The molecule has 4 aliphatic heterocycles. The lowest BCUT2D eigenvalue weighted by molar-refractivity contribution is -0.130. The summed E-state index contributed by atoms with van der Waals surface area (Å²) in [6.07, 6.45) is 4.51. The zero-order chi connectivity index (χ0) is 38.1. The van der Waals surface area contributed by atoms with E-state index >= 15 is 0 Å². The fourth-order valence-corrected chi connectivity index (χ4v) is 7.95. The number of ether oxygens (including phenoxy) is 4. The van der Waals surface area contributed by atoms with Crippen LogP contribution in [0.5, 0.6) is 23.0 Å². The summed E-state index contributed by atoms with van der Waals surface area (Å²) < 4.78 is 65.2. The van der Waals surface area contributed by atoms with Crippen molar-refractivity contribution in [2.24, 2.45) is 23.7 Å².